The minimum atomic E-state index is -0.513. The van der Waals surface area contributed by atoms with Crippen LogP contribution in [0.25, 0.3) is 0 Å². The number of benzene rings is 2. The molecule has 1 atom stereocenters. The highest BCUT2D eigenvalue weighted by molar-refractivity contribution is 6.30. The van der Waals surface area contributed by atoms with Crippen molar-refractivity contribution in [1.82, 2.24) is 4.90 Å². The molecule has 1 saturated heterocycles. The molecule has 2 aromatic carbocycles. The smallest absolute Gasteiger partial charge is 0.254 e. The van der Waals surface area contributed by atoms with E-state index in [1.165, 1.54) is 14.2 Å². The number of hydrogen-bond donors (Lipinski definition) is 1. The third kappa shape index (κ3) is 4.17. The van der Waals surface area contributed by atoms with E-state index in [9.17, 15) is 9.59 Å². The molecular weight excluding hydrogens is 368 g/mol. The molecule has 0 radical (unpaired) electrons. The largest absolute Gasteiger partial charge is 0.493 e. The second kappa shape index (κ2) is 8.31. The lowest BCUT2D eigenvalue weighted by molar-refractivity contribution is -0.119. The molecule has 27 heavy (non-hydrogen) atoms. The van der Waals surface area contributed by atoms with Gasteiger partial charge in [0.2, 0.25) is 5.91 Å². The van der Waals surface area contributed by atoms with Crippen LogP contribution < -0.4 is 14.8 Å². The van der Waals surface area contributed by atoms with E-state index in [4.69, 9.17) is 21.1 Å². The summed E-state index contributed by atoms with van der Waals surface area (Å²) in [6.45, 7) is 0.534. The number of rotatable bonds is 5. The molecule has 6 nitrogen and oxygen atoms in total. The van der Waals surface area contributed by atoms with Gasteiger partial charge in [-0.25, -0.2) is 0 Å². The van der Waals surface area contributed by atoms with Crippen LogP contribution in [0, 0.1) is 0 Å². The fourth-order valence-electron chi connectivity index (χ4n) is 3.18. The normalized spacial score (nSPS) is 16.1. The molecule has 0 saturated carbocycles. The second-order valence-electron chi connectivity index (χ2n) is 6.22. The first-order chi connectivity index (χ1) is 13.0. The number of methoxy groups -OCH3 is 2. The van der Waals surface area contributed by atoms with Crippen molar-refractivity contribution in [3.05, 3.63) is 53.1 Å². The summed E-state index contributed by atoms with van der Waals surface area (Å²) in [5, 5.41) is 3.45. The van der Waals surface area contributed by atoms with Gasteiger partial charge in [-0.2, -0.15) is 0 Å². The zero-order valence-corrected chi connectivity index (χ0v) is 16.0. The summed E-state index contributed by atoms with van der Waals surface area (Å²) in [7, 11) is 3.06. The van der Waals surface area contributed by atoms with Crippen LogP contribution in [0.2, 0.25) is 5.02 Å². The van der Waals surface area contributed by atoms with Crippen molar-refractivity contribution in [2.24, 2.45) is 0 Å². The molecule has 1 aliphatic rings. The van der Waals surface area contributed by atoms with Crippen molar-refractivity contribution in [3.63, 3.8) is 0 Å². The minimum Gasteiger partial charge on any atom is -0.493 e. The molecular formula is C20H21ClN2O4. The van der Waals surface area contributed by atoms with E-state index >= 15 is 0 Å². The Balaban J connectivity index is 1.76. The number of nitrogens with zero attached hydrogens (tertiary/aromatic N) is 1. The maximum atomic E-state index is 13.0. The summed E-state index contributed by atoms with van der Waals surface area (Å²) in [6.07, 6.45) is 1.40. The topological polar surface area (TPSA) is 67.9 Å². The maximum Gasteiger partial charge on any atom is 0.254 e. The van der Waals surface area contributed by atoms with E-state index in [0.717, 1.165) is 6.42 Å². The lowest BCUT2D eigenvalue weighted by Crippen LogP contribution is -2.43. The molecule has 0 bridgehead atoms. The van der Waals surface area contributed by atoms with Gasteiger partial charge in [-0.15, -0.1) is 0 Å². The minimum absolute atomic E-state index is 0.204. The molecule has 3 rings (SSSR count). The first-order valence-electron chi connectivity index (χ1n) is 8.63. The van der Waals surface area contributed by atoms with Crippen molar-refractivity contribution in [3.8, 4) is 11.5 Å². The van der Waals surface area contributed by atoms with E-state index in [0.29, 0.717) is 40.7 Å². The van der Waals surface area contributed by atoms with Crippen LogP contribution in [0.5, 0.6) is 11.5 Å². The molecule has 2 amide bonds. The Morgan fingerprint density at radius 2 is 1.78 bits per heavy atom. The van der Waals surface area contributed by atoms with Gasteiger partial charge in [-0.1, -0.05) is 11.6 Å². The number of likely N-dealkylation sites (tertiary alicyclic amines) is 1. The molecule has 1 fully saturated rings. The molecule has 0 aromatic heterocycles. The van der Waals surface area contributed by atoms with Gasteiger partial charge in [-0.05, 0) is 55.3 Å². The number of carbonyl (C=O) groups is 2. The van der Waals surface area contributed by atoms with Gasteiger partial charge in [0, 0.05) is 22.8 Å². The van der Waals surface area contributed by atoms with E-state index in [1.807, 2.05) is 0 Å². The average molecular weight is 389 g/mol. The number of halogens is 1. The monoisotopic (exact) mass is 388 g/mol. The third-order valence-corrected chi connectivity index (χ3v) is 4.81. The highest BCUT2D eigenvalue weighted by Gasteiger charge is 2.34. The Morgan fingerprint density at radius 3 is 2.44 bits per heavy atom. The van der Waals surface area contributed by atoms with Crippen LogP contribution in [-0.2, 0) is 4.79 Å². The molecule has 1 N–H and O–H groups in total. The molecule has 0 unspecified atom stereocenters. The first kappa shape index (κ1) is 19.0. The number of ether oxygens (including phenoxy) is 2. The highest BCUT2D eigenvalue weighted by Crippen LogP contribution is 2.29. The van der Waals surface area contributed by atoms with Crippen molar-refractivity contribution < 1.29 is 19.1 Å². The highest BCUT2D eigenvalue weighted by atomic mass is 35.5. The number of carbonyl (C=O) groups excluding carboxylic acids is 2. The van der Waals surface area contributed by atoms with Crippen LogP contribution in [0.4, 0.5) is 5.69 Å². The second-order valence-corrected chi connectivity index (χ2v) is 6.66. The molecule has 1 heterocycles. The molecule has 1 aliphatic heterocycles. The van der Waals surface area contributed by atoms with Crippen molar-refractivity contribution in [1.29, 1.82) is 0 Å². The lowest BCUT2D eigenvalue weighted by atomic mass is 10.1. The van der Waals surface area contributed by atoms with E-state index in [2.05, 4.69) is 5.32 Å². The standard InChI is InChI=1S/C20H21ClN2O4/c1-26-17-10-5-13(12-18(17)27-2)20(25)23-11-3-4-16(23)19(24)22-15-8-6-14(21)7-9-15/h5-10,12,16H,3-4,11H2,1-2H3,(H,22,24)/t16-/m1/s1. The van der Waals surface area contributed by atoms with Crippen molar-refractivity contribution >= 4 is 29.1 Å². The Morgan fingerprint density at radius 1 is 1.07 bits per heavy atom. The van der Waals surface area contributed by atoms with Gasteiger partial charge in [0.05, 0.1) is 14.2 Å². The zero-order valence-electron chi connectivity index (χ0n) is 15.2. The fourth-order valence-corrected chi connectivity index (χ4v) is 3.30. The summed E-state index contributed by atoms with van der Waals surface area (Å²) < 4.78 is 10.5. The number of hydrogen-bond acceptors (Lipinski definition) is 4. The molecule has 7 heteroatoms. The molecule has 0 aliphatic carbocycles. The quantitative estimate of drug-likeness (QED) is 0.849. The summed E-state index contributed by atoms with van der Waals surface area (Å²) in [4.78, 5) is 27.2. The van der Waals surface area contributed by atoms with Crippen molar-refractivity contribution in [2.75, 3.05) is 26.1 Å². The first-order valence-corrected chi connectivity index (χ1v) is 9.00. The predicted octanol–water partition coefficient (Wildman–Crippen LogP) is 3.60. The van der Waals surface area contributed by atoms with Gasteiger partial charge in [0.25, 0.3) is 5.91 Å². The Hall–Kier alpha value is -2.73. The summed E-state index contributed by atoms with van der Waals surface area (Å²) >= 11 is 5.87. The predicted molar refractivity (Wildman–Crippen MR) is 104 cm³/mol. The van der Waals surface area contributed by atoms with E-state index < -0.39 is 6.04 Å². The average Bonchev–Trinajstić information content (AvgIpc) is 3.18. The van der Waals surface area contributed by atoms with Crippen LogP contribution in [0.3, 0.4) is 0 Å². The van der Waals surface area contributed by atoms with Gasteiger partial charge in [-0.3, -0.25) is 9.59 Å². The summed E-state index contributed by atoms with van der Waals surface area (Å²) in [6, 6.07) is 11.4. The molecule has 0 spiro atoms. The fraction of sp³-hybridized carbons (Fsp3) is 0.300. The summed E-state index contributed by atoms with van der Waals surface area (Å²) in [5.74, 6) is 0.616. The number of amides is 2. The Kier molecular flexibility index (Phi) is 5.86. The molecule has 142 valence electrons. The number of anilines is 1. The van der Waals surface area contributed by atoms with Gasteiger partial charge in [0.1, 0.15) is 6.04 Å². The Bertz CT molecular complexity index is 838. The van der Waals surface area contributed by atoms with Crippen LogP contribution in [0.1, 0.15) is 23.2 Å². The van der Waals surface area contributed by atoms with E-state index in [-0.39, 0.29) is 11.8 Å². The zero-order chi connectivity index (χ0) is 19.4. The lowest BCUT2D eigenvalue weighted by Gasteiger charge is -2.24. The number of nitrogens with one attached hydrogen (secondary N) is 1. The van der Waals surface area contributed by atoms with E-state index in [1.54, 1.807) is 47.4 Å². The van der Waals surface area contributed by atoms with Gasteiger partial charge >= 0.3 is 0 Å². The maximum absolute atomic E-state index is 13.0. The van der Waals surface area contributed by atoms with Crippen LogP contribution in [-0.4, -0.2) is 43.5 Å². The Labute approximate surface area is 163 Å². The van der Waals surface area contributed by atoms with Crippen LogP contribution >= 0.6 is 11.6 Å². The third-order valence-electron chi connectivity index (χ3n) is 4.56. The molecule has 2 aromatic rings. The SMILES string of the molecule is COc1ccc(C(=O)N2CCC[C@@H]2C(=O)Nc2ccc(Cl)cc2)cc1OC. The van der Waals surface area contributed by atoms with Crippen LogP contribution in [0.15, 0.2) is 42.5 Å². The summed E-state index contributed by atoms with van der Waals surface area (Å²) in [5.41, 5.74) is 1.11. The van der Waals surface area contributed by atoms with Gasteiger partial charge in [0.15, 0.2) is 11.5 Å². The van der Waals surface area contributed by atoms with Crippen molar-refractivity contribution in [2.45, 2.75) is 18.9 Å². The van der Waals surface area contributed by atoms with Gasteiger partial charge < -0.3 is 19.7 Å².